The summed E-state index contributed by atoms with van der Waals surface area (Å²) in [6.07, 6.45) is 3.23. The Morgan fingerprint density at radius 3 is 2.86 bits per heavy atom. The van der Waals surface area contributed by atoms with E-state index in [4.69, 9.17) is 17.3 Å². The van der Waals surface area contributed by atoms with Crippen LogP contribution in [0.15, 0.2) is 22.9 Å². The molecule has 0 amide bonds. The van der Waals surface area contributed by atoms with Gasteiger partial charge < -0.3 is 21.5 Å². The lowest BCUT2D eigenvalue weighted by atomic mass is 10.3. The first-order chi connectivity index (χ1) is 13.4. The number of rotatable bonds is 5. The summed E-state index contributed by atoms with van der Waals surface area (Å²) < 4.78 is 17.6. The zero-order valence-electron chi connectivity index (χ0n) is 14.6. The molecule has 0 fully saturated rings. The van der Waals surface area contributed by atoms with Gasteiger partial charge in [-0.2, -0.15) is 9.49 Å². The second-order valence-electron chi connectivity index (χ2n) is 6.02. The molecule has 0 spiro atoms. The number of nitrogens with two attached hydrogens (primary N) is 3. The number of aryl methyl sites for hydroxylation is 1. The van der Waals surface area contributed by atoms with Gasteiger partial charge in [0.1, 0.15) is 10.5 Å². The van der Waals surface area contributed by atoms with E-state index in [-0.39, 0.29) is 29.4 Å². The molecule has 13 heteroatoms. The lowest BCUT2D eigenvalue weighted by Crippen LogP contribution is -2.27. The molecule has 0 aromatic carbocycles. The summed E-state index contributed by atoms with van der Waals surface area (Å²) in [5, 5.41) is 5.32. The summed E-state index contributed by atoms with van der Waals surface area (Å²) in [4.78, 5) is 21.4. The number of allylic oxidation sites excluding steroid dienone is 1. The molecule has 4 aromatic heterocycles. The van der Waals surface area contributed by atoms with Crippen molar-refractivity contribution in [1.82, 2.24) is 29.7 Å². The Balaban J connectivity index is 1.78. The van der Waals surface area contributed by atoms with Gasteiger partial charge in [-0.15, -0.1) is 11.3 Å². The molecule has 0 aliphatic rings. The lowest BCUT2D eigenvalue weighted by molar-refractivity contribution is 0.628. The highest BCUT2D eigenvalue weighted by molar-refractivity contribution is 7.19. The average molecular weight is 421 g/mol. The Labute approximate surface area is 165 Å². The molecule has 0 saturated carbocycles. The zero-order chi connectivity index (χ0) is 20.0. The van der Waals surface area contributed by atoms with Gasteiger partial charge >= 0.3 is 0 Å². The topological polar surface area (TPSA) is 156 Å². The van der Waals surface area contributed by atoms with Crippen molar-refractivity contribution in [3.8, 4) is 0 Å². The molecule has 7 N–H and O–H groups in total. The summed E-state index contributed by atoms with van der Waals surface area (Å²) in [5.74, 6) is 5.19. The first-order valence-electron chi connectivity index (χ1n) is 8.04. The predicted molar refractivity (Wildman–Crippen MR) is 107 cm³/mol. The third-order valence-electron chi connectivity index (χ3n) is 4.16. The standard InChI is InChI=1S/C15H16FN9OS2/c1-24-10-7(4-21-25(14(10)26)5-6(17)3-20-19)11-13(24)23-9(27-11)2-8-12(16)28-15(18)22-8/h3-4,20H,2,5,17,19H2,1H3,(H2,18,22)/b6-3-. The third kappa shape index (κ3) is 2.98. The maximum Gasteiger partial charge on any atom is 0.291 e. The van der Waals surface area contributed by atoms with Gasteiger partial charge in [0, 0.05) is 30.8 Å². The number of fused-ring (bicyclic) bond motifs is 3. The van der Waals surface area contributed by atoms with Crippen LogP contribution >= 0.6 is 22.7 Å². The van der Waals surface area contributed by atoms with Crippen molar-refractivity contribution in [1.29, 1.82) is 0 Å². The zero-order valence-corrected chi connectivity index (χ0v) is 16.3. The van der Waals surface area contributed by atoms with Crippen molar-refractivity contribution in [2.75, 3.05) is 5.73 Å². The van der Waals surface area contributed by atoms with Gasteiger partial charge in [-0.25, -0.2) is 14.6 Å². The molecule has 0 radical (unpaired) electrons. The Kier molecular flexibility index (Phi) is 4.49. The lowest BCUT2D eigenvalue weighted by Gasteiger charge is -2.05. The van der Waals surface area contributed by atoms with E-state index in [0.717, 1.165) is 16.0 Å². The number of hydrogen-bond donors (Lipinski definition) is 4. The van der Waals surface area contributed by atoms with Gasteiger partial charge in [0.2, 0.25) is 5.13 Å². The second-order valence-corrected chi connectivity index (χ2v) is 8.09. The van der Waals surface area contributed by atoms with E-state index < -0.39 is 5.13 Å². The molecule has 0 aliphatic heterocycles. The molecular weight excluding hydrogens is 405 g/mol. The Hall–Kier alpha value is -3.03. The average Bonchev–Trinajstić information content (AvgIpc) is 3.26. The van der Waals surface area contributed by atoms with Crippen LogP contribution in [0.25, 0.3) is 21.3 Å². The SMILES string of the molecule is Cn1c2nc(Cc3nc(N)sc3F)sc2c2cnn(C/C(N)=C/NN)c(=O)c21. The number of hydrogen-bond acceptors (Lipinski definition) is 10. The molecule has 0 bridgehead atoms. The van der Waals surface area contributed by atoms with Crippen LogP contribution in [0.3, 0.4) is 0 Å². The highest BCUT2D eigenvalue weighted by Crippen LogP contribution is 2.32. The summed E-state index contributed by atoms with van der Waals surface area (Å²) in [7, 11) is 1.75. The van der Waals surface area contributed by atoms with Crippen LogP contribution in [0.4, 0.5) is 9.52 Å². The van der Waals surface area contributed by atoms with Crippen LogP contribution in [0.5, 0.6) is 0 Å². The fourth-order valence-electron chi connectivity index (χ4n) is 2.95. The van der Waals surface area contributed by atoms with E-state index in [1.165, 1.54) is 22.2 Å². The molecule has 0 saturated heterocycles. The van der Waals surface area contributed by atoms with Crippen molar-refractivity contribution < 1.29 is 4.39 Å². The molecule has 146 valence electrons. The van der Waals surface area contributed by atoms with Gasteiger partial charge in [0.05, 0.1) is 23.1 Å². The van der Waals surface area contributed by atoms with Gasteiger partial charge in [0.15, 0.2) is 10.8 Å². The van der Waals surface area contributed by atoms with Crippen LogP contribution in [0.1, 0.15) is 10.7 Å². The van der Waals surface area contributed by atoms with Crippen LogP contribution in [-0.4, -0.2) is 24.3 Å². The Morgan fingerprint density at radius 2 is 2.18 bits per heavy atom. The number of halogens is 1. The molecule has 0 aliphatic carbocycles. The number of nitrogens with one attached hydrogen (secondary N) is 1. The molecule has 4 rings (SSSR count). The number of anilines is 1. The van der Waals surface area contributed by atoms with Gasteiger partial charge in [-0.1, -0.05) is 11.3 Å². The quantitative estimate of drug-likeness (QED) is 0.266. The first-order valence-corrected chi connectivity index (χ1v) is 9.67. The minimum absolute atomic E-state index is 0.0982. The Morgan fingerprint density at radius 1 is 1.39 bits per heavy atom. The number of thiazole rings is 2. The van der Waals surface area contributed by atoms with Gasteiger partial charge in [-0.05, 0) is 0 Å². The number of hydrazine groups is 1. The fraction of sp³-hybridized carbons (Fsp3) is 0.200. The molecule has 4 aromatic rings. The van der Waals surface area contributed by atoms with Gasteiger partial charge in [0.25, 0.3) is 5.56 Å². The highest BCUT2D eigenvalue weighted by Gasteiger charge is 2.20. The van der Waals surface area contributed by atoms with Crippen molar-refractivity contribution in [3.63, 3.8) is 0 Å². The molecule has 4 heterocycles. The van der Waals surface area contributed by atoms with Crippen molar-refractivity contribution in [2.45, 2.75) is 13.0 Å². The van der Waals surface area contributed by atoms with Crippen LogP contribution in [-0.2, 0) is 20.0 Å². The van der Waals surface area contributed by atoms with E-state index in [0.29, 0.717) is 27.3 Å². The van der Waals surface area contributed by atoms with E-state index in [1.807, 2.05) is 0 Å². The Bertz CT molecular complexity index is 1280. The molecule has 0 unspecified atom stereocenters. The first kappa shape index (κ1) is 18.3. The minimum Gasteiger partial charge on any atom is -0.399 e. The molecule has 0 atom stereocenters. The van der Waals surface area contributed by atoms with Crippen molar-refractivity contribution in [2.24, 2.45) is 18.6 Å². The van der Waals surface area contributed by atoms with E-state index in [9.17, 15) is 9.18 Å². The molecular formula is C15H16FN9OS2. The van der Waals surface area contributed by atoms with Crippen LogP contribution < -0.4 is 28.3 Å². The smallest absolute Gasteiger partial charge is 0.291 e. The number of aromatic nitrogens is 5. The monoisotopic (exact) mass is 421 g/mol. The summed E-state index contributed by atoms with van der Waals surface area (Å²) in [5.41, 5.74) is 15.1. The normalized spacial score (nSPS) is 12.3. The van der Waals surface area contributed by atoms with E-state index in [1.54, 1.807) is 17.8 Å². The van der Waals surface area contributed by atoms with E-state index >= 15 is 0 Å². The minimum atomic E-state index is -0.413. The van der Waals surface area contributed by atoms with E-state index in [2.05, 4.69) is 20.5 Å². The van der Waals surface area contributed by atoms with Crippen LogP contribution in [0, 0.1) is 5.13 Å². The van der Waals surface area contributed by atoms with Crippen LogP contribution in [0.2, 0.25) is 0 Å². The van der Waals surface area contributed by atoms with Crippen molar-refractivity contribution in [3.05, 3.63) is 44.3 Å². The summed E-state index contributed by atoms with van der Waals surface area (Å²) in [6.45, 7) is 0.0982. The number of nitrogen functional groups attached to an aromatic ring is 1. The van der Waals surface area contributed by atoms with Crippen molar-refractivity contribution >= 4 is 49.1 Å². The summed E-state index contributed by atoms with van der Waals surface area (Å²) >= 11 is 2.18. The molecule has 28 heavy (non-hydrogen) atoms. The number of nitrogens with zero attached hydrogens (tertiary/aromatic N) is 5. The summed E-state index contributed by atoms with van der Waals surface area (Å²) in [6, 6.07) is 0. The third-order valence-corrected chi connectivity index (χ3v) is 5.95. The predicted octanol–water partition coefficient (Wildman–Crippen LogP) is 0.377. The largest absolute Gasteiger partial charge is 0.399 e. The van der Waals surface area contributed by atoms with Gasteiger partial charge in [-0.3, -0.25) is 10.6 Å². The highest BCUT2D eigenvalue weighted by atomic mass is 32.1. The maximum atomic E-state index is 13.8. The maximum absolute atomic E-state index is 13.8. The fourth-order valence-corrected chi connectivity index (χ4v) is 4.63. The molecule has 10 nitrogen and oxygen atoms in total. The second kappa shape index (κ2) is 6.85.